The lowest BCUT2D eigenvalue weighted by Gasteiger charge is -2.31. The molecule has 152 valence electrons. The number of aromatic nitrogens is 4. The number of nitrogens with zero attached hydrogens (tertiary/aromatic N) is 5. The molecule has 29 heavy (non-hydrogen) atoms. The number of ether oxygens (including phenoxy) is 1. The van der Waals surface area contributed by atoms with Crippen LogP contribution in [0.1, 0.15) is 30.0 Å². The molecule has 0 unspecified atom stereocenters. The fourth-order valence-corrected chi connectivity index (χ4v) is 3.67. The number of carbonyl (C=O) groups excluding carboxylic acids is 1. The summed E-state index contributed by atoms with van der Waals surface area (Å²) >= 11 is 0. The molecule has 0 bridgehead atoms. The SMILES string of the molecule is COCCn1cc(CNC(=O)N2CCC(c3ccc4cccnc4n3)CC2)cn1. The summed E-state index contributed by atoms with van der Waals surface area (Å²) in [5.74, 6) is 0.365. The Labute approximate surface area is 169 Å². The second-order valence-electron chi connectivity index (χ2n) is 7.31. The number of hydrogen-bond donors (Lipinski definition) is 1. The first-order valence-corrected chi connectivity index (χ1v) is 9.97. The minimum Gasteiger partial charge on any atom is -0.383 e. The molecule has 3 aromatic heterocycles. The van der Waals surface area contributed by atoms with Gasteiger partial charge in [-0.05, 0) is 37.1 Å². The molecule has 1 saturated heterocycles. The Bertz CT molecular complexity index is 964. The molecule has 1 fully saturated rings. The Morgan fingerprint density at radius 1 is 1.28 bits per heavy atom. The average molecular weight is 394 g/mol. The highest BCUT2D eigenvalue weighted by atomic mass is 16.5. The van der Waals surface area contributed by atoms with Crippen LogP contribution >= 0.6 is 0 Å². The van der Waals surface area contributed by atoms with Gasteiger partial charge in [-0.2, -0.15) is 5.10 Å². The summed E-state index contributed by atoms with van der Waals surface area (Å²) in [7, 11) is 1.67. The quantitative estimate of drug-likeness (QED) is 0.695. The minimum atomic E-state index is -0.0266. The molecule has 8 heteroatoms. The van der Waals surface area contributed by atoms with Crippen LogP contribution in [0.15, 0.2) is 42.9 Å². The summed E-state index contributed by atoms with van der Waals surface area (Å²) in [5, 5.41) is 8.32. The smallest absolute Gasteiger partial charge is 0.317 e. The van der Waals surface area contributed by atoms with Crippen molar-refractivity contribution in [2.24, 2.45) is 0 Å². The van der Waals surface area contributed by atoms with Crippen molar-refractivity contribution in [3.63, 3.8) is 0 Å². The zero-order valence-electron chi connectivity index (χ0n) is 16.6. The van der Waals surface area contributed by atoms with Crippen LogP contribution in [0.4, 0.5) is 4.79 Å². The highest BCUT2D eigenvalue weighted by Gasteiger charge is 2.24. The van der Waals surface area contributed by atoms with Crippen LogP contribution in [0.5, 0.6) is 0 Å². The summed E-state index contributed by atoms with van der Waals surface area (Å²) in [5.41, 5.74) is 2.84. The number of pyridine rings is 2. The van der Waals surface area contributed by atoms with E-state index in [0.717, 1.165) is 48.2 Å². The monoisotopic (exact) mass is 394 g/mol. The van der Waals surface area contributed by atoms with Crippen LogP contribution in [0.25, 0.3) is 11.0 Å². The van der Waals surface area contributed by atoms with Gasteiger partial charge in [0, 0.05) is 61.7 Å². The van der Waals surface area contributed by atoms with Crippen molar-refractivity contribution in [2.75, 3.05) is 26.8 Å². The molecule has 1 N–H and O–H groups in total. The number of rotatable bonds is 6. The van der Waals surface area contributed by atoms with Crippen LogP contribution in [-0.4, -0.2) is 57.5 Å². The number of methoxy groups -OCH3 is 1. The lowest BCUT2D eigenvalue weighted by molar-refractivity contribution is 0.180. The zero-order valence-corrected chi connectivity index (χ0v) is 16.6. The standard InChI is InChI=1S/C21H26N6O2/c1-29-12-11-27-15-16(14-24-27)13-23-21(28)26-9-6-17(7-10-26)19-5-4-18-3-2-8-22-20(18)25-19/h2-5,8,14-15,17H,6-7,9-13H2,1H3,(H,23,28). The number of amides is 2. The van der Waals surface area contributed by atoms with Crippen molar-refractivity contribution < 1.29 is 9.53 Å². The topological polar surface area (TPSA) is 85.2 Å². The Kier molecular flexibility index (Phi) is 6.00. The van der Waals surface area contributed by atoms with Crippen molar-refractivity contribution in [3.05, 3.63) is 54.1 Å². The van der Waals surface area contributed by atoms with Gasteiger partial charge in [0.05, 0.1) is 19.3 Å². The van der Waals surface area contributed by atoms with Gasteiger partial charge in [0.1, 0.15) is 0 Å². The van der Waals surface area contributed by atoms with Crippen LogP contribution in [-0.2, 0) is 17.8 Å². The Morgan fingerprint density at radius 2 is 2.14 bits per heavy atom. The van der Waals surface area contributed by atoms with E-state index >= 15 is 0 Å². The fourth-order valence-electron chi connectivity index (χ4n) is 3.67. The van der Waals surface area contributed by atoms with E-state index in [1.807, 2.05) is 27.9 Å². The highest BCUT2D eigenvalue weighted by Crippen LogP contribution is 2.27. The maximum absolute atomic E-state index is 12.5. The van der Waals surface area contributed by atoms with E-state index in [0.29, 0.717) is 25.6 Å². The number of piperidine rings is 1. The first-order valence-electron chi connectivity index (χ1n) is 9.97. The lowest BCUT2D eigenvalue weighted by Crippen LogP contribution is -2.43. The van der Waals surface area contributed by atoms with E-state index in [4.69, 9.17) is 9.72 Å². The number of hydrogen-bond acceptors (Lipinski definition) is 5. The van der Waals surface area contributed by atoms with Crippen molar-refractivity contribution >= 4 is 17.1 Å². The predicted molar refractivity (Wildman–Crippen MR) is 109 cm³/mol. The third kappa shape index (κ3) is 4.71. The maximum Gasteiger partial charge on any atom is 0.317 e. The van der Waals surface area contributed by atoms with Gasteiger partial charge in [-0.1, -0.05) is 0 Å². The molecule has 8 nitrogen and oxygen atoms in total. The van der Waals surface area contributed by atoms with Crippen LogP contribution < -0.4 is 5.32 Å². The molecule has 3 aromatic rings. The average Bonchev–Trinajstić information content (AvgIpc) is 3.23. The van der Waals surface area contributed by atoms with Gasteiger partial charge < -0.3 is 15.0 Å². The predicted octanol–water partition coefficient (Wildman–Crippen LogP) is 2.56. The number of fused-ring (bicyclic) bond motifs is 1. The molecule has 0 spiro atoms. The third-order valence-corrected chi connectivity index (χ3v) is 5.34. The van der Waals surface area contributed by atoms with Gasteiger partial charge in [0.15, 0.2) is 5.65 Å². The van der Waals surface area contributed by atoms with Gasteiger partial charge in [0.2, 0.25) is 0 Å². The van der Waals surface area contributed by atoms with Gasteiger partial charge in [0.25, 0.3) is 0 Å². The second-order valence-corrected chi connectivity index (χ2v) is 7.31. The van der Waals surface area contributed by atoms with E-state index in [9.17, 15) is 4.79 Å². The number of likely N-dealkylation sites (tertiary alicyclic amines) is 1. The van der Waals surface area contributed by atoms with Gasteiger partial charge in [-0.3, -0.25) is 4.68 Å². The van der Waals surface area contributed by atoms with Crippen molar-refractivity contribution in [1.29, 1.82) is 0 Å². The number of nitrogens with one attached hydrogen (secondary N) is 1. The van der Waals surface area contributed by atoms with Gasteiger partial charge >= 0.3 is 6.03 Å². The first kappa shape index (κ1) is 19.3. The normalized spacial score (nSPS) is 15.0. The maximum atomic E-state index is 12.5. The number of carbonyl (C=O) groups is 1. The summed E-state index contributed by atoms with van der Waals surface area (Å²) in [4.78, 5) is 23.5. The molecule has 1 aliphatic heterocycles. The summed E-state index contributed by atoms with van der Waals surface area (Å²) < 4.78 is 6.87. The van der Waals surface area contributed by atoms with Crippen LogP contribution in [0.3, 0.4) is 0 Å². The zero-order chi connectivity index (χ0) is 20.1. The van der Waals surface area contributed by atoms with Crippen molar-refractivity contribution in [3.8, 4) is 0 Å². The van der Waals surface area contributed by atoms with E-state index < -0.39 is 0 Å². The molecule has 0 atom stereocenters. The van der Waals surface area contributed by atoms with Gasteiger partial charge in [-0.25, -0.2) is 14.8 Å². The summed E-state index contributed by atoms with van der Waals surface area (Å²) in [6, 6.07) is 8.09. The molecular weight excluding hydrogens is 368 g/mol. The van der Waals surface area contributed by atoms with Gasteiger partial charge in [-0.15, -0.1) is 0 Å². The molecule has 2 amide bonds. The largest absolute Gasteiger partial charge is 0.383 e. The molecule has 0 aromatic carbocycles. The second kappa shape index (κ2) is 9.00. The van der Waals surface area contributed by atoms with Crippen molar-refractivity contribution in [1.82, 2.24) is 30.0 Å². The van der Waals surface area contributed by atoms with Crippen LogP contribution in [0.2, 0.25) is 0 Å². The van der Waals surface area contributed by atoms with E-state index in [2.05, 4.69) is 27.5 Å². The molecular formula is C21H26N6O2. The Hall–Kier alpha value is -3.00. The molecule has 0 aliphatic carbocycles. The molecule has 4 heterocycles. The highest BCUT2D eigenvalue weighted by molar-refractivity contribution is 5.75. The summed E-state index contributed by atoms with van der Waals surface area (Å²) in [6.07, 6.45) is 7.31. The Balaban J connectivity index is 1.27. The molecule has 1 aliphatic rings. The Morgan fingerprint density at radius 3 is 2.97 bits per heavy atom. The van der Waals surface area contributed by atoms with E-state index in [1.165, 1.54) is 0 Å². The lowest BCUT2D eigenvalue weighted by atomic mass is 9.93. The fraction of sp³-hybridized carbons (Fsp3) is 0.429. The first-order chi connectivity index (χ1) is 14.2. The van der Waals surface area contributed by atoms with E-state index in [1.54, 1.807) is 19.5 Å². The third-order valence-electron chi connectivity index (χ3n) is 5.34. The minimum absolute atomic E-state index is 0.0266. The number of urea groups is 1. The molecule has 0 saturated carbocycles. The molecule has 4 rings (SSSR count). The summed E-state index contributed by atoms with van der Waals surface area (Å²) in [6.45, 7) is 3.25. The van der Waals surface area contributed by atoms with Crippen molar-refractivity contribution in [2.45, 2.75) is 31.8 Å². The van der Waals surface area contributed by atoms with Crippen LogP contribution in [0, 0.1) is 0 Å². The van der Waals surface area contributed by atoms with E-state index in [-0.39, 0.29) is 6.03 Å². The molecule has 0 radical (unpaired) electrons.